The molecule has 0 aliphatic heterocycles. The molecule has 0 heterocycles. The molecule has 7 nitrogen and oxygen atoms in total. The first-order valence-corrected chi connectivity index (χ1v) is 12.7. The van der Waals surface area contributed by atoms with Gasteiger partial charge in [-0.15, -0.1) is 0 Å². The number of nitrogens with zero attached hydrogens (tertiary/aromatic N) is 1. The smallest absolute Gasteiger partial charge is 0.463 e. The molecule has 0 aliphatic rings. The summed E-state index contributed by atoms with van der Waals surface area (Å²) in [6.07, 6.45) is 9.94. The largest absolute Gasteiger partial charge is 0.472 e. The van der Waals surface area contributed by atoms with Gasteiger partial charge in [-0.2, -0.15) is 0 Å². The summed E-state index contributed by atoms with van der Waals surface area (Å²) in [6, 6.07) is 0. The summed E-state index contributed by atoms with van der Waals surface area (Å²) in [6.45, 7) is 9.35. The van der Waals surface area contributed by atoms with Gasteiger partial charge in [-0.25, -0.2) is 4.57 Å². The fourth-order valence-electron chi connectivity index (χ4n) is 2.86. The van der Waals surface area contributed by atoms with Gasteiger partial charge < -0.3 is 14.5 Å². The van der Waals surface area contributed by atoms with Crippen LogP contribution in [0.3, 0.4) is 0 Å². The fraction of sp³-hybridized carbons (Fsp3) is 0.952. The molecule has 0 amide bonds. The van der Waals surface area contributed by atoms with Crippen LogP contribution in [0.1, 0.15) is 85.5 Å². The van der Waals surface area contributed by atoms with Crippen molar-refractivity contribution in [2.24, 2.45) is 5.41 Å². The third-order valence-corrected chi connectivity index (χ3v) is 6.46. The molecule has 0 aromatic rings. The third-order valence-electron chi connectivity index (χ3n) is 5.44. The summed E-state index contributed by atoms with van der Waals surface area (Å²) in [5.74, 6) is -0.271. The van der Waals surface area contributed by atoms with Crippen molar-refractivity contribution in [3.63, 3.8) is 0 Å². The standard InChI is InChI=1S/C21H44NO6P/c1-6-9-10-11-12-13-14-15-21(4,7-2)20(23)26-18-19-28-29(24,25)27-17-16-22(5)8-3/h6-19H2,1-5H3,(H,24,25). The molecule has 174 valence electrons. The Kier molecular flexibility index (Phi) is 16.0. The molecule has 0 saturated heterocycles. The molecule has 0 aromatic carbocycles. The SMILES string of the molecule is CCCCCCCCCC(C)(CC)C(=O)OCCOP(=O)(O)OCCN(C)CC. The first-order chi connectivity index (χ1) is 13.7. The van der Waals surface area contributed by atoms with E-state index in [9.17, 15) is 14.3 Å². The number of phosphoric acid groups is 1. The van der Waals surface area contributed by atoms with E-state index in [1.165, 1.54) is 32.1 Å². The molecule has 8 heteroatoms. The van der Waals surface area contributed by atoms with Gasteiger partial charge in [0.2, 0.25) is 0 Å². The highest BCUT2D eigenvalue weighted by Crippen LogP contribution is 2.42. The average Bonchev–Trinajstić information content (AvgIpc) is 2.69. The summed E-state index contributed by atoms with van der Waals surface area (Å²) in [5, 5.41) is 0. The number of phosphoric ester groups is 1. The molecule has 1 N–H and O–H groups in total. The lowest BCUT2D eigenvalue weighted by atomic mass is 9.82. The lowest BCUT2D eigenvalue weighted by Crippen LogP contribution is -2.30. The molecule has 0 saturated carbocycles. The van der Waals surface area contributed by atoms with Crippen molar-refractivity contribution in [1.82, 2.24) is 4.90 Å². The first kappa shape index (κ1) is 28.5. The maximum Gasteiger partial charge on any atom is 0.472 e. The molecule has 0 fully saturated rings. The van der Waals surface area contributed by atoms with Crippen LogP contribution in [0.15, 0.2) is 0 Å². The average molecular weight is 438 g/mol. The minimum absolute atomic E-state index is 0.0613. The van der Waals surface area contributed by atoms with Crippen molar-refractivity contribution in [2.75, 3.05) is 40.0 Å². The van der Waals surface area contributed by atoms with Crippen LogP contribution in [0.2, 0.25) is 0 Å². The fourth-order valence-corrected chi connectivity index (χ4v) is 3.56. The zero-order valence-corrected chi connectivity index (χ0v) is 20.2. The van der Waals surface area contributed by atoms with Gasteiger partial charge >= 0.3 is 13.8 Å². The molecule has 0 radical (unpaired) electrons. The number of likely N-dealkylation sites (N-methyl/N-ethyl adjacent to an activating group) is 1. The number of unbranched alkanes of at least 4 members (excludes halogenated alkanes) is 6. The number of carbonyl (C=O) groups is 1. The Morgan fingerprint density at radius 3 is 2.14 bits per heavy atom. The minimum atomic E-state index is -4.12. The molecule has 0 bridgehead atoms. The lowest BCUT2D eigenvalue weighted by molar-refractivity contribution is -0.156. The van der Waals surface area contributed by atoms with Gasteiger partial charge in [-0.05, 0) is 33.4 Å². The Labute approximate surface area is 178 Å². The van der Waals surface area contributed by atoms with Crippen molar-refractivity contribution in [3.05, 3.63) is 0 Å². The quantitative estimate of drug-likeness (QED) is 0.169. The highest BCUT2D eigenvalue weighted by Gasteiger charge is 2.32. The van der Waals surface area contributed by atoms with E-state index in [2.05, 4.69) is 6.92 Å². The predicted molar refractivity (Wildman–Crippen MR) is 117 cm³/mol. The molecule has 2 atom stereocenters. The van der Waals surface area contributed by atoms with Gasteiger partial charge in [-0.1, -0.05) is 65.7 Å². The number of rotatable bonds is 19. The predicted octanol–water partition coefficient (Wildman–Crippen LogP) is 5.17. The summed E-state index contributed by atoms with van der Waals surface area (Å²) in [5.41, 5.74) is -0.520. The van der Waals surface area contributed by atoms with Gasteiger partial charge in [0.1, 0.15) is 6.61 Å². The Morgan fingerprint density at radius 1 is 0.966 bits per heavy atom. The normalized spacial score (nSPS) is 15.8. The van der Waals surface area contributed by atoms with E-state index in [1.54, 1.807) is 0 Å². The Bertz CT molecular complexity index is 476. The number of hydrogen-bond donors (Lipinski definition) is 1. The van der Waals surface area contributed by atoms with E-state index >= 15 is 0 Å². The first-order valence-electron chi connectivity index (χ1n) is 11.2. The van der Waals surface area contributed by atoms with Crippen LogP contribution in [-0.2, 0) is 23.1 Å². The second kappa shape index (κ2) is 16.3. The van der Waals surface area contributed by atoms with Crippen LogP contribution >= 0.6 is 7.82 Å². The van der Waals surface area contributed by atoms with Crippen molar-refractivity contribution in [1.29, 1.82) is 0 Å². The maximum atomic E-state index is 12.5. The van der Waals surface area contributed by atoms with Crippen LogP contribution in [0, 0.1) is 5.41 Å². The van der Waals surface area contributed by atoms with Gasteiger partial charge in [0.25, 0.3) is 0 Å². The minimum Gasteiger partial charge on any atom is -0.463 e. The summed E-state index contributed by atoms with van der Waals surface area (Å²) in [7, 11) is -2.23. The van der Waals surface area contributed by atoms with Crippen molar-refractivity contribution in [3.8, 4) is 0 Å². The molecular formula is C21H44NO6P. The summed E-state index contributed by atoms with van der Waals surface area (Å²) >= 11 is 0. The third kappa shape index (κ3) is 14.2. The highest BCUT2D eigenvalue weighted by atomic mass is 31.2. The van der Waals surface area contributed by atoms with Crippen LogP contribution in [0.5, 0.6) is 0 Å². The van der Waals surface area contributed by atoms with E-state index in [4.69, 9.17) is 13.8 Å². The summed E-state index contributed by atoms with van der Waals surface area (Å²) in [4.78, 5) is 24.1. The van der Waals surface area contributed by atoms with Gasteiger partial charge in [0.05, 0.1) is 18.6 Å². The molecule has 0 aliphatic carbocycles. The molecule has 29 heavy (non-hydrogen) atoms. The molecule has 0 spiro atoms. The Balaban J connectivity index is 4.07. The van der Waals surface area contributed by atoms with Crippen LogP contribution in [-0.4, -0.2) is 55.7 Å². The maximum absolute atomic E-state index is 12.5. The van der Waals surface area contributed by atoms with E-state index in [-0.39, 0.29) is 25.8 Å². The number of esters is 1. The van der Waals surface area contributed by atoms with E-state index < -0.39 is 13.2 Å². The lowest BCUT2D eigenvalue weighted by Gasteiger charge is -2.26. The van der Waals surface area contributed by atoms with Gasteiger partial charge in [0.15, 0.2) is 0 Å². The monoisotopic (exact) mass is 437 g/mol. The van der Waals surface area contributed by atoms with Crippen LogP contribution in [0.25, 0.3) is 0 Å². The molecule has 0 aromatic heterocycles. The van der Waals surface area contributed by atoms with Crippen molar-refractivity contribution >= 4 is 13.8 Å². The number of carbonyl (C=O) groups excluding carboxylic acids is 1. The topological polar surface area (TPSA) is 85.3 Å². The highest BCUT2D eigenvalue weighted by molar-refractivity contribution is 7.47. The van der Waals surface area contributed by atoms with Gasteiger partial charge in [0, 0.05) is 6.54 Å². The Morgan fingerprint density at radius 2 is 1.55 bits per heavy atom. The number of ether oxygens (including phenoxy) is 1. The second-order valence-electron chi connectivity index (χ2n) is 7.95. The van der Waals surface area contributed by atoms with E-state index in [0.29, 0.717) is 13.0 Å². The van der Waals surface area contributed by atoms with Crippen LogP contribution < -0.4 is 0 Å². The molecular weight excluding hydrogens is 393 g/mol. The zero-order valence-electron chi connectivity index (χ0n) is 19.3. The number of hydrogen-bond acceptors (Lipinski definition) is 6. The van der Waals surface area contributed by atoms with E-state index in [0.717, 1.165) is 25.8 Å². The van der Waals surface area contributed by atoms with Gasteiger partial charge in [-0.3, -0.25) is 13.8 Å². The van der Waals surface area contributed by atoms with E-state index in [1.807, 2.05) is 32.7 Å². The van der Waals surface area contributed by atoms with Crippen molar-refractivity contribution < 1.29 is 28.0 Å². The summed E-state index contributed by atoms with van der Waals surface area (Å²) < 4.78 is 26.9. The second-order valence-corrected chi connectivity index (χ2v) is 9.41. The molecule has 0 rings (SSSR count). The van der Waals surface area contributed by atoms with Crippen LogP contribution in [0.4, 0.5) is 0 Å². The zero-order chi connectivity index (χ0) is 22.2. The van der Waals surface area contributed by atoms with Crippen molar-refractivity contribution in [2.45, 2.75) is 85.5 Å². The Hall–Kier alpha value is -0.460. The molecule has 2 unspecified atom stereocenters.